The first-order chi connectivity index (χ1) is 9.93. The number of hydrogen-bond acceptors (Lipinski definition) is 2. The maximum atomic E-state index is 6.43. The summed E-state index contributed by atoms with van der Waals surface area (Å²) >= 11 is 0. The third-order valence-electron chi connectivity index (χ3n) is 3.76. The monoisotopic (exact) mass is 285 g/mol. The van der Waals surface area contributed by atoms with Crippen molar-refractivity contribution in [2.75, 3.05) is 5.73 Å². The summed E-state index contributed by atoms with van der Waals surface area (Å²) in [7, 11) is 0. The Labute approximate surface area is 128 Å². The number of imidazole rings is 1. The lowest BCUT2D eigenvalue weighted by molar-refractivity contribution is 0.510. The van der Waals surface area contributed by atoms with Crippen LogP contribution < -0.4 is 5.73 Å². The van der Waals surface area contributed by atoms with E-state index in [2.05, 4.69) is 57.4 Å². The van der Waals surface area contributed by atoms with Crippen LogP contribution in [0.15, 0.2) is 18.2 Å². The molecule has 3 nitrogen and oxygen atoms in total. The fraction of sp³-hybridized carbons (Fsp3) is 0.500. The highest BCUT2D eigenvalue weighted by Gasteiger charge is 2.17. The van der Waals surface area contributed by atoms with Gasteiger partial charge in [-0.25, -0.2) is 4.98 Å². The zero-order valence-electron chi connectivity index (χ0n) is 13.9. The minimum atomic E-state index is 0.559. The summed E-state index contributed by atoms with van der Waals surface area (Å²) < 4.78 is 2.20. The molecule has 1 heterocycles. The predicted molar refractivity (Wildman–Crippen MR) is 90.4 cm³/mol. The summed E-state index contributed by atoms with van der Waals surface area (Å²) in [5.74, 6) is 2.48. The lowest BCUT2D eigenvalue weighted by atomic mass is 10.0. The molecule has 0 aliphatic carbocycles. The maximum Gasteiger partial charge on any atom is 0.131 e. The molecule has 1 aromatic carbocycles. The van der Waals surface area contributed by atoms with Crippen molar-refractivity contribution in [2.24, 2.45) is 5.92 Å². The number of nitrogens with zero attached hydrogens (tertiary/aromatic N) is 2. The molecule has 0 atom stereocenters. The van der Waals surface area contributed by atoms with Gasteiger partial charge in [-0.2, -0.15) is 0 Å². The quantitative estimate of drug-likeness (QED) is 0.887. The van der Waals surface area contributed by atoms with Crippen LogP contribution in [-0.4, -0.2) is 9.55 Å². The van der Waals surface area contributed by atoms with Gasteiger partial charge >= 0.3 is 0 Å². The van der Waals surface area contributed by atoms with Gasteiger partial charge in [0.25, 0.3) is 0 Å². The van der Waals surface area contributed by atoms with Gasteiger partial charge in [-0.1, -0.05) is 38.5 Å². The summed E-state index contributed by atoms with van der Waals surface area (Å²) in [4.78, 5) is 4.86. The second-order valence-corrected chi connectivity index (χ2v) is 6.33. The molecule has 3 heteroatoms. The van der Waals surface area contributed by atoms with E-state index in [-0.39, 0.29) is 0 Å². The third kappa shape index (κ3) is 3.29. The van der Waals surface area contributed by atoms with E-state index in [1.54, 1.807) is 0 Å². The number of benzene rings is 1. The molecule has 0 spiro atoms. The second kappa shape index (κ2) is 6.33. The van der Waals surface area contributed by atoms with Crippen molar-refractivity contribution in [2.45, 2.75) is 54.0 Å². The Morgan fingerprint density at radius 3 is 2.57 bits per heavy atom. The summed E-state index contributed by atoms with van der Waals surface area (Å²) in [6, 6.07) is 6.46. The molecule has 0 saturated carbocycles. The van der Waals surface area contributed by atoms with Crippen molar-refractivity contribution in [1.82, 2.24) is 9.55 Å². The number of anilines is 1. The largest absolute Gasteiger partial charge is 0.383 e. The van der Waals surface area contributed by atoms with Crippen molar-refractivity contribution < 1.29 is 0 Å². The summed E-state index contributed by atoms with van der Waals surface area (Å²) in [6.07, 6.45) is 2.06. The van der Waals surface area contributed by atoms with Crippen molar-refractivity contribution in [1.29, 1.82) is 0 Å². The van der Waals surface area contributed by atoms with Crippen LogP contribution in [0.1, 0.15) is 44.1 Å². The van der Waals surface area contributed by atoms with E-state index in [0.717, 1.165) is 42.3 Å². The van der Waals surface area contributed by atoms with Crippen molar-refractivity contribution in [3.05, 3.63) is 35.2 Å². The first-order valence-corrected chi connectivity index (χ1v) is 7.86. The van der Waals surface area contributed by atoms with E-state index in [4.69, 9.17) is 10.7 Å². The normalized spacial score (nSPS) is 11.3. The number of aryl methyl sites for hydroxylation is 3. The van der Waals surface area contributed by atoms with Crippen LogP contribution >= 0.6 is 0 Å². The smallest absolute Gasteiger partial charge is 0.131 e. The van der Waals surface area contributed by atoms with Gasteiger partial charge in [-0.15, -0.1) is 0 Å². The number of aromatic nitrogens is 2. The second-order valence-electron chi connectivity index (χ2n) is 6.33. The van der Waals surface area contributed by atoms with Gasteiger partial charge in [0.1, 0.15) is 17.3 Å². The van der Waals surface area contributed by atoms with Gasteiger partial charge in [0.05, 0.1) is 0 Å². The average molecular weight is 285 g/mol. The standard InChI is InChI=1S/C18H27N3/c1-6-7-16-20-17(18(19)21(16)11-12(2)3)15-10-13(4)8-9-14(15)5/h8-10,12H,6-7,11,19H2,1-5H3. The zero-order valence-corrected chi connectivity index (χ0v) is 13.9. The summed E-state index contributed by atoms with van der Waals surface area (Å²) in [5.41, 5.74) is 11.0. The first-order valence-electron chi connectivity index (χ1n) is 7.86. The molecule has 21 heavy (non-hydrogen) atoms. The van der Waals surface area contributed by atoms with Gasteiger partial charge in [0, 0.05) is 18.5 Å². The molecule has 0 aliphatic rings. The summed E-state index contributed by atoms with van der Waals surface area (Å²) in [5, 5.41) is 0. The van der Waals surface area contributed by atoms with Crippen molar-refractivity contribution in [3.8, 4) is 11.3 Å². The van der Waals surface area contributed by atoms with Gasteiger partial charge < -0.3 is 10.3 Å². The molecule has 0 fully saturated rings. The molecule has 0 amide bonds. The van der Waals surface area contributed by atoms with E-state index in [1.165, 1.54) is 11.1 Å². The Morgan fingerprint density at radius 2 is 1.95 bits per heavy atom. The Bertz CT molecular complexity index is 624. The van der Waals surface area contributed by atoms with Gasteiger partial charge in [-0.3, -0.25) is 0 Å². The highest BCUT2D eigenvalue weighted by atomic mass is 15.1. The van der Waals surface area contributed by atoms with Crippen LogP contribution in [0.2, 0.25) is 0 Å². The Kier molecular flexibility index (Phi) is 4.71. The number of hydrogen-bond donors (Lipinski definition) is 1. The first kappa shape index (κ1) is 15.6. The number of rotatable bonds is 5. The zero-order chi connectivity index (χ0) is 15.6. The van der Waals surface area contributed by atoms with Gasteiger partial charge in [0.15, 0.2) is 0 Å². The van der Waals surface area contributed by atoms with Crippen LogP contribution in [0.4, 0.5) is 5.82 Å². The SMILES string of the molecule is CCCc1nc(-c2cc(C)ccc2C)c(N)n1CC(C)C. The van der Waals surface area contributed by atoms with Crippen LogP contribution in [0.25, 0.3) is 11.3 Å². The molecule has 0 unspecified atom stereocenters. The van der Waals surface area contributed by atoms with Gasteiger partial charge in [-0.05, 0) is 37.8 Å². The van der Waals surface area contributed by atoms with E-state index in [1.807, 2.05) is 0 Å². The summed E-state index contributed by atoms with van der Waals surface area (Å²) in [6.45, 7) is 11.8. The number of nitrogens with two attached hydrogens (primary N) is 1. The van der Waals surface area contributed by atoms with E-state index < -0.39 is 0 Å². The molecule has 2 rings (SSSR count). The van der Waals surface area contributed by atoms with Crippen LogP contribution in [0.3, 0.4) is 0 Å². The highest BCUT2D eigenvalue weighted by Crippen LogP contribution is 2.30. The molecule has 114 valence electrons. The Hall–Kier alpha value is -1.77. The minimum Gasteiger partial charge on any atom is -0.383 e. The fourth-order valence-electron chi connectivity index (χ4n) is 2.69. The topological polar surface area (TPSA) is 43.8 Å². The molecule has 0 bridgehead atoms. The van der Waals surface area contributed by atoms with Crippen molar-refractivity contribution in [3.63, 3.8) is 0 Å². The molecule has 0 aliphatic heterocycles. The van der Waals surface area contributed by atoms with Crippen LogP contribution in [0.5, 0.6) is 0 Å². The van der Waals surface area contributed by atoms with Crippen LogP contribution in [0, 0.1) is 19.8 Å². The maximum absolute atomic E-state index is 6.43. The lowest BCUT2D eigenvalue weighted by Crippen LogP contribution is -2.11. The van der Waals surface area contributed by atoms with Crippen LogP contribution in [-0.2, 0) is 13.0 Å². The molecule has 1 aromatic heterocycles. The Balaban J connectivity index is 2.56. The van der Waals surface area contributed by atoms with Gasteiger partial charge in [0.2, 0.25) is 0 Å². The molecule has 2 aromatic rings. The van der Waals surface area contributed by atoms with E-state index in [0.29, 0.717) is 5.92 Å². The molecule has 0 saturated heterocycles. The van der Waals surface area contributed by atoms with E-state index >= 15 is 0 Å². The average Bonchev–Trinajstić information content (AvgIpc) is 2.70. The molecule has 0 radical (unpaired) electrons. The lowest BCUT2D eigenvalue weighted by Gasteiger charge is -2.12. The fourth-order valence-corrected chi connectivity index (χ4v) is 2.69. The Morgan fingerprint density at radius 1 is 1.24 bits per heavy atom. The van der Waals surface area contributed by atoms with Crippen molar-refractivity contribution >= 4 is 5.82 Å². The predicted octanol–water partition coefficient (Wildman–Crippen LogP) is 4.36. The number of nitrogen functional groups attached to an aromatic ring is 1. The highest BCUT2D eigenvalue weighted by molar-refractivity contribution is 5.74. The molecular weight excluding hydrogens is 258 g/mol. The molecule has 2 N–H and O–H groups in total. The minimum absolute atomic E-state index is 0.559. The third-order valence-corrected chi connectivity index (χ3v) is 3.76. The van der Waals surface area contributed by atoms with E-state index in [9.17, 15) is 0 Å². The molecular formula is C18H27N3.